The minimum absolute atomic E-state index is 0.163. The Morgan fingerprint density at radius 2 is 1.25 bits per heavy atom. The van der Waals surface area contributed by atoms with Crippen LogP contribution in [-0.4, -0.2) is 30.3 Å². The van der Waals surface area contributed by atoms with Crippen LogP contribution in [0.3, 0.4) is 0 Å². The maximum atomic E-state index is 12.3. The molecule has 0 unspecified atom stereocenters. The van der Waals surface area contributed by atoms with Crippen molar-refractivity contribution in [2.45, 2.75) is 58.0 Å². The number of aliphatic hydroxyl groups is 1. The summed E-state index contributed by atoms with van der Waals surface area (Å²) < 4.78 is 10.8. The summed E-state index contributed by atoms with van der Waals surface area (Å²) in [4.78, 5) is 23.9. The van der Waals surface area contributed by atoms with Crippen molar-refractivity contribution in [2.75, 3.05) is 13.2 Å². The molecular formula is C27H32O5. The van der Waals surface area contributed by atoms with Gasteiger partial charge >= 0.3 is 11.9 Å². The van der Waals surface area contributed by atoms with E-state index in [1.54, 1.807) is 0 Å². The zero-order chi connectivity index (χ0) is 22.6. The highest BCUT2D eigenvalue weighted by molar-refractivity contribution is 6.02. The third-order valence-corrected chi connectivity index (χ3v) is 5.59. The van der Waals surface area contributed by atoms with Crippen LogP contribution in [0.2, 0.25) is 0 Å². The number of carbonyl (C=O) groups excluding carboxylic acids is 2. The fraction of sp³-hybridized carbons (Fsp3) is 0.407. The topological polar surface area (TPSA) is 72.8 Å². The molecule has 5 heteroatoms. The molecular weight excluding hydrogens is 404 g/mol. The first-order valence-corrected chi connectivity index (χ1v) is 11.5. The number of hydrogen-bond acceptors (Lipinski definition) is 5. The molecule has 0 spiro atoms. The van der Waals surface area contributed by atoms with Crippen LogP contribution in [-0.2, 0) is 25.7 Å². The van der Waals surface area contributed by atoms with Gasteiger partial charge in [-0.3, -0.25) is 9.59 Å². The Labute approximate surface area is 189 Å². The fourth-order valence-electron chi connectivity index (χ4n) is 3.85. The highest BCUT2D eigenvalue weighted by Gasteiger charge is 2.10. The monoisotopic (exact) mass is 436 g/mol. The number of rotatable bonds is 13. The molecule has 3 aromatic rings. The quantitative estimate of drug-likeness (QED) is 0.212. The van der Waals surface area contributed by atoms with E-state index in [4.69, 9.17) is 14.6 Å². The van der Waals surface area contributed by atoms with Gasteiger partial charge in [0.25, 0.3) is 0 Å². The Balaban J connectivity index is 1.39. The van der Waals surface area contributed by atoms with Crippen molar-refractivity contribution < 1.29 is 24.2 Å². The molecule has 0 aliphatic rings. The van der Waals surface area contributed by atoms with Crippen LogP contribution in [0.1, 0.15) is 56.9 Å². The Kier molecular flexibility index (Phi) is 9.51. The number of carbonyl (C=O) groups is 2. The molecule has 0 aliphatic heterocycles. The molecule has 0 aliphatic carbocycles. The third kappa shape index (κ3) is 7.06. The molecule has 0 heterocycles. The van der Waals surface area contributed by atoms with Crippen LogP contribution in [0.5, 0.6) is 0 Å². The first kappa shape index (κ1) is 23.7. The van der Waals surface area contributed by atoms with E-state index in [1.165, 1.54) is 0 Å². The highest BCUT2D eigenvalue weighted by atomic mass is 16.5. The lowest BCUT2D eigenvalue weighted by Crippen LogP contribution is -2.07. The van der Waals surface area contributed by atoms with Crippen molar-refractivity contribution in [1.29, 1.82) is 0 Å². The average molecular weight is 437 g/mol. The number of esters is 2. The van der Waals surface area contributed by atoms with Gasteiger partial charge in [-0.05, 0) is 59.7 Å². The lowest BCUT2D eigenvalue weighted by molar-refractivity contribution is -0.146. The highest BCUT2D eigenvalue weighted by Crippen LogP contribution is 2.29. The first-order chi connectivity index (χ1) is 15.7. The third-order valence-electron chi connectivity index (χ3n) is 5.59. The number of aliphatic hydroxyl groups excluding tert-OH is 1. The second-order valence-corrected chi connectivity index (χ2v) is 8.02. The number of fused-ring (bicyclic) bond motifs is 2. The Morgan fingerprint density at radius 1 is 0.688 bits per heavy atom. The zero-order valence-corrected chi connectivity index (χ0v) is 18.6. The van der Waals surface area contributed by atoms with Gasteiger partial charge in [-0.25, -0.2) is 0 Å². The molecule has 0 bridgehead atoms. The van der Waals surface area contributed by atoms with E-state index in [-0.39, 0.29) is 25.2 Å². The molecule has 0 atom stereocenters. The molecule has 3 aromatic carbocycles. The van der Waals surface area contributed by atoms with Crippen LogP contribution in [0.25, 0.3) is 21.5 Å². The summed E-state index contributed by atoms with van der Waals surface area (Å²) in [5, 5.41) is 13.2. The molecule has 3 rings (SSSR count). The van der Waals surface area contributed by atoms with Gasteiger partial charge in [0, 0.05) is 25.0 Å². The Morgan fingerprint density at radius 3 is 1.88 bits per heavy atom. The predicted octanol–water partition coefficient (Wildman–Crippen LogP) is 5.69. The van der Waals surface area contributed by atoms with Crippen molar-refractivity contribution in [3.63, 3.8) is 0 Å². The molecule has 170 valence electrons. The second kappa shape index (κ2) is 12.8. The summed E-state index contributed by atoms with van der Waals surface area (Å²) in [6.07, 6.45) is 5.32. The molecule has 0 radical (unpaired) electrons. The molecule has 0 aromatic heterocycles. The maximum absolute atomic E-state index is 12.3. The summed E-state index contributed by atoms with van der Waals surface area (Å²) in [5.41, 5.74) is 1.04. The Hall–Kier alpha value is -2.92. The number of unbranched alkanes of at least 4 members (excludes halogenated alkanes) is 4. The SMILES string of the molecule is O=C(CCCCCO)OCCCCCC(=O)OCc1c2ccccc2cc2ccccc12. The van der Waals surface area contributed by atoms with Gasteiger partial charge in [0.2, 0.25) is 0 Å². The van der Waals surface area contributed by atoms with Crippen LogP contribution in [0, 0.1) is 0 Å². The smallest absolute Gasteiger partial charge is 0.306 e. The van der Waals surface area contributed by atoms with E-state index in [0.717, 1.165) is 59.2 Å². The fourth-order valence-corrected chi connectivity index (χ4v) is 3.85. The van der Waals surface area contributed by atoms with E-state index in [0.29, 0.717) is 25.9 Å². The van der Waals surface area contributed by atoms with Gasteiger partial charge < -0.3 is 14.6 Å². The number of benzene rings is 3. The zero-order valence-electron chi connectivity index (χ0n) is 18.6. The first-order valence-electron chi connectivity index (χ1n) is 11.5. The van der Waals surface area contributed by atoms with E-state index >= 15 is 0 Å². The second-order valence-electron chi connectivity index (χ2n) is 8.02. The van der Waals surface area contributed by atoms with E-state index in [2.05, 4.69) is 30.3 Å². The molecule has 0 fully saturated rings. The van der Waals surface area contributed by atoms with E-state index in [9.17, 15) is 9.59 Å². The van der Waals surface area contributed by atoms with Crippen molar-refractivity contribution in [3.05, 3.63) is 60.2 Å². The summed E-state index contributed by atoms with van der Waals surface area (Å²) in [6.45, 7) is 0.806. The molecule has 0 saturated heterocycles. The van der Waals surface area contributed by atoms with Gasteiger partial charge in [-0.2, -0.15) is 0 Å². The number of ether oxygens (including phenoxy) is 2. The van der Waals surface area contributed by atoms with Crippen LogP contribution >= 0.6 is 0 Å². The minimum Gasteiger partial charge on any atom is -0.466 e. The standard InChI is InChI=1S/C27H32O5/c28-17-9-1-3-15-26(29)31-18-10-2-4-16-27(30)32-20-25-23-13-7-5-11-21(23)19-22-12-6-8-14-24(22)25/h5-8,11-14,19,28H,1-4,9-10,15-18,20H2. The van der Waals surface area contributed by atoms with Gasteiger partial charge in [0.1, 0.15) is 6.61 Å². The van der Waals surface area contributed by atoms with Crippen molar-refractivity contribution >= 4 is 33.5 Å². The van der Waals surface area contributed by atoms with E-state index < -0.39 is 0 Å². The molecule has 0 amide bonds. The molecule has 0 saturated carbocycles. The van der Waals surface area contributed by atoms with Gasteiger partial charge in [0.05, 0.1) is 6.61 Å². The van der Waals surface area contributed by atoms with Crippen LogP contribution < -0.4 is 0 Å². The normalized spacial score (nSPS) is 11.0. The summed E-state index contributed by atoms with van der Waals surface area (Å²) in [6, 6.07) is 18.5. The number of hydrogen-bond donors (Lipinski definition) is 1. The summed E-state index contributed by atoms with van der Waals surface area (Å²) >= 11 is 0. The predicted molar refractivity (Wildman–Crippen MR) is 126 cm³/mol. The van der Waals surface area contributed by atoms with Crippen molar-refractivity contribution in [2.24, 2.45) is 0 Å². The van der Waals surface area contributed by atoms with Crippen molar-refractivity contribution in [1.82, 2.24) is 0 Å². The van der Waals surface area contributed by atoms with Crippen molar-refractivity contribution in [3.8, 4) is 0 Å². The van der Waals surface area contributed by atoms with Gasteiger partial charge in [0.15, 0.2) is 0 Å². The lowest BCUT2D eigenvalue weighted by Gasteiger charge is -2.12. The maximum Gasteiger partial charge on any atom is 0.306 e. The molecule has 5 nitrogen and oxygen atoms in total. The summed E-state index contributed by atoms with van der Waals surface area (Å²) in [7, 11) is 0. The lowest BCUT2D eigenvalue weighted by atomic mass is 9.97. The largest absolute Gasteiger partial charge is 0.466 e. The molecule has 32 heavy (non-hydrogen) atoms. The Bertz CT molecular complexity index is 973. The average Bonchev–Trinajstić information content (AvgIpc) is 2.81. The van der Waals surface area contributed by atoms with E-state index in [1.807, 2.05) is 24.3 Å². The van der Waals surface area contributed by atoms with Gasteiger partial charge in [-0.1, -0.05) is 55.0 Å². The van der Waals surface area contributed by atoms with Crippen LogP contribution in [0.4, 0.5) is 0 Å². The molecule has 1 N–H and O–H groups in total. The minimum atomic E-state index is -0.206. The van der Waals surface area contributed by atoms with Gasteiger partial charge in [-0.15, -0.1) is 0 Å². The summed E-state index contributed by atoms with van der Waals surface area (Å²) in [5.74, 6) is -0.396. The van der Waals surface area contributed by atoms with Crippen LogP contribution in [0.15, 0.2) is 54.6 Å².